The first-order valence-corrected chi connectivity index (χ1v) is 11.0. The minimum Gasteiger partial charge on any atom is -0.486 e. The molecule has 0 aliphatic carbocycles. The van der Waals surface area contributed by atoms with Gasteiger partial charge in [0.05, 0.1) is 19.4 Å². The Morgan fingerprint density at radius 1 is 1.15 bits per heavy atom. The zero-order valence-electron chi connectivity index (χ0n) is 19.2. The Morgan fingerprint density at radius 3 is 2.65 bits per heavy atom. The van der Waals surface area contributed by atoms with E-state index in [9.17, 15) is 14.4 Å². The molecule has 0 radical (unpaired) electrons. The van der Waals surface area contributed by atoms with Crippen molar-refractivity contribution in [2.45, 2.75) is 39.0 Å². The predicted molar refractivity (Wildman–Crippen MR) is 121 cm³/mol. The molecule has 1 aromatic carbocycles. The average Bonchev–Trinajstić information content (AvgIpc) is 3.51. The number of hydrogen-bond donors (Lipinski definition) is 1. The molecule has 2 aromatic heterocycles. The number of fused-ring (bicyclic) bond motifs is 1. The molecule has 3 aromatic rings. The summed E-state index contributed by atoms with van der Waals surface area (Å²) in [5.74, 6) is 0.871. The van der Waals surface area contributed by atoms with Gasteiger partial charge in [-0.05, 0) is 51.1 Å². The van der Waals surface area contributed by atoms with Gasteiger partial charge in [0.1, 0.15) is 12.4 Å². The van der Waals surface area contributed by atoms with E-state index in [0.717, 1.165) is 16.3 Å². The largest absolute Gasteiger partial charge is 0.486 e. The number of carbonyl (C=O) groups is 3. The molecule has 34 heavy (non-hydrogen) atoms. The Bertz CT molecular complexity index is 1280. The van der Waals surface area contributed by atoms with Crippen LogP contribution in [0.3, 0.4) is 0 Å². The van der Waals surface area contributed by atoms with E-state index in [2.05, 4.69) is 5.32 Å². The van der Waals surface area contributed by atoms with Crippen molar-refractivity contribution in [3.63, 3.8) is 0 Å². The molecule has 1 fully saturated rings. The lowest BCUT2D eigenvalue weighted by molar-refractivity contribution is -0.131. The summed E-state index contributed by atoms with van der Waals surface area (Å²) in [5.41, 5.74) is 0.736. The van der Waals surface area contributed by atoms with Gasteiger partial charge in [-0.1, -0.05) is 12.1 Å². The summed E-state index contributed by atoms with van der Waals surface area (Å²) in [6.07, 6.45) is 1.21. The van der Waals surface area contributed by atoms with Crippen molar-refractivity contribution in [2.75, 3.05) is 13.2 Å². The van der Waals surface area contributed by atoms with Crippen LogP contribution in [0.2, 0.25) is 0 Å². The van der Waals surface area contributed by atoms with Crippen LogP contribution in [0.1, 0.15) is 34.4 Å². The van der Waals surface area contributed by atoms with Gasteiger partial charge in [0, 0.05) is 17.0 Å². The molecule has 0 unspecified atom stereocenters. The number of ketones is 1. The molecule has 1 N–H and O–H groups in total. The second kappa shape index (κ2) is 8.09. The van der Waals surface area contributed by atoms with Crippen LogP contribution in [0.5, 0.6) is 11.5 Å². The highest BCUT2D eigenvalue weighted by Crippen LogP contribution is 2.32. The third-order valence-corrected chi connectivity index (χ3v) is 6.42. The van der Waals surface area contributed by atoms with Gasteiger partial charge >= 0.3 is 6.03 Å². The number of amides is 3. The Morgan fingerprint density at radius 2 is 1.91 bits per heavy atom. The van der Waals surface area contributed by atoms with E-state index in [0.29, 0.717) is 36.0 Å². The van der Waals surface area contributed by atoms with Gasteiger partial charge in [0.15, 0.2) is 28.9 Å². The van der Waals surface area contributed by atoms with Crippen LogP contribution in [0.25, 0.3) is 0 Å². The number of aromatic nitrogens is 1. The lowest BCUT2D eigenvalue weighted by Crippen LogP contribution is -2.41. The fraction of sp³-hybridized carbons (Fsp3) is 0.320. The van der Waals surface area contributed by atoms with Crippen LogP contribution in [0.4, 0.5) is 4.79 Å². The molecule has 2 aliphatic heterocycles. The summed E-state index contributed by atoms with van der Waals surface area (Å²) in [5, 5.41) is 2.64. The fourth-order valence-corrected chi connectivity index (χ4v) is 4.52. The summed E-state index contributed by atoms with van der Waals surface area (Å²) in [4.78, 5) is 39.7. The van der Waals surface area contributed by atoms with Crippen LogP contribution >= 0.6 is 0 Å². The molecule has 3 amide bonds. The molecule has 176 valence electrons. The Labute approximate surface area is 196 Å². The zero-order valence-corrected chi connectivity index (χ0v) is 19.2. The van der Waals surface area contributed by atoms with Crippen molar-refractivity contribution in [2.24, 2.45) is 0 Å². The fourth-order valence-electron chi connectivity index (χ4n) is 4.52. The standard InChI is InChI=1S/C25H25N3O6/c1-15-11-18(16(2)27(15)12-17-14-33-20-7-4-5-8-21(20)34-17)19(29)13-28-23(30)25(3,26-24(28)31)22-9-6-10-32-22/h4-11,17H,12-14H2,1-3H3,(H,26,31)/t17-,25-/m0/s1. The number of imide groups is 1. The van der Waals surface area contributed by atoms with Gasteiger partial charge < -0.3 is 23.8 Å². The number of furan rings is 1. The van der Waals surface area contributed by atoms with E-state index in [1.54, 1.807) is 25.1 Å². The third-order valence-electron chi connectivity index (χ3n) is 6.42. The van der Waals surface area contributed by atoms with E-state index in [1.165, 1.54) is 6.26 Å². The molecule has 0 bridgehead atoms. The maximum absolute atomic E-state index is 13.2. The summed E-state index contributed by atoms with van der Waals surface area (Å²) >= 11 is 0. The van der Waals surface area contributed by atoms with Gasteiger partial charge in [-0.3, -0.25) is 14.5 Å². The molecule has 5 rings (SSSR count). The molecule has 4 heterocycles. The molecular formula is C25H25N3O6. The quantitative estimate of drug-likeness (QED) is 0.445. The number of ether oxygens (including phenoxy) is 2. The van der Waals surface area contributed by atoms with Crippen LogP contribution in [-0.4, -0.2) is 46.4 Å². The smallest absolute Gasteiger partial charge is 0.325 e. The number of carbonyl (C=O) groups excluding carboxylic acids is 3. The zero-order chi connectivity index (χ0) is 24.0. The van der Waals surface area contributed by atoms with Crippen LogP contribution in [-0.2, 0) is 16.9 Å². The van der Waals surface area contributed by atoms with Crippen molar-refractivity contribution in [1.29, 1.82) is 0 Å². The summed E-state index contributed by atoms with van der Waals surface area (Å²) in [6, 6.07) is 11.9. The molecule has 2 atom stereocenters. The van der Waals surface area contributed by atoms with Crippen molar-refractivity contribution in [3.05, 3.63) is 71.4 Å². The first-order valence-electron chi connectivity index (χ1n) is 11.0. The van der Waals surface area contributed by atoms with Crippen molar-refractivity contribution < 1.29 is 28.3 Å². The Kier molecular flexibility index (Phi) is 5.19. The van der Waals surface area contributed by atoms with Gasteiger partial charge in [0.25, 0.3) is 5.91 Å². The normalized spacial score (nSPS) is 21.6. The topological polar surface area (TPSA) is 103 Å². The van der Waals surface area contributed by atoms with Gasteiger partial charge in [0.2, 0.25) is 0 Å². The first kappa shape index (κ1) is 21.8. The third kappa shape index (κ3) is 3.53. The van der Waals surface area contributed by atoms with Crippen LogP contribution < -0.4 is 14.8 Å². The summed E-state index contributed by atoms with van der Waals surface area (Å²) < 4.78 is 19.2. The van der Waals surface area contributed by atoms with E-state index in [4.69, 9.17) is 13.9 Å². The number of benzene rings is 1. The molecule has 1 saturated heterocycles. The molecule has 9 nitrogen and oxygen atoms in total. The predicted octanol–water partition coefficient (Wildman–Crippen LogP) is 3.19. The number of rotatable bonds is 6. The Hall–Kier alpha value is -4.01. The molecular weight excluding hydrogens is 438 g/mol. The minimum atomic E-state index is -1.34. The highest BCUT2D eigenvalue weighted by atomic mass is 16.6. The van der Waals surface area contributed by atoms with Crippen LogP contribution in [0, 0.1) is 13.8 Å². The van der Waals surface area contributed by atoms with Gasteiger partial charge in [-0.15, -0.1) is 0 Å². The summed E-state index contributed by atoms with van der Waals surface area (Å²) in [7, 11) is 0. The highest BCUT2D eigenvalue weighted by molar-refractivity contribution is 6.11. The molecule has 0 saturated carbocycles. The number of aryl methyl sites for hydroxylation is 1. The highest BCUT2D eigenvalue weighted by Gasteiger charge is 2.51. The van der Waals surface area contributed by atoms with E-state index < -0.39 is 17.5 Å². The van der Waals surface area contributed by atoms with E-state index in [-0.39, 0.29) is 18.4 Å². The average molecular weight is 463 g/mol. The lowest BCUT2D eigenvalue weighted by Gasteiger charge is -2.27. The summed E-state index contributed by atoms with van der Waals surface area (Å²) in [6.45, 7) is 5.85. The van der Waals surface area contributed by atoms with E-state index in [1.807, 2.05) is 42.7 Å². The molecule has 9 heteroatoms. The lowest BCUT2D eigenvalue weighted by atomic mass is 9.99. The number of urea groups is 1. The monoisotopic (exact) mass is 463 g/mol. The van der Waals surface area contributed by atoms with Crippen molar-refractivity contribution in [1.82, 2.24) is 14.8 Å². The SMILES string of the molecule is Cc1cc(C(=O)CN2C(=O)N[C@@](C)(c3ccco3)C2=O)c(C)n1C[C@H]1COc2ccccc2O1. The number of hydrogen-bond acceptors (Lipinski definition) is 6. The Balaban J connectivity index is 1.31. The van der Waals surface area contributed by atoms with Gasteiger partial charge in [-0.25, -0.2) is 4.79 Å². The second-order valence-electron chi connectivity index (χ2n) is 8.74. The maximum atomic E-state index is 13.2. The second-order valence-corrected chi connectivity index (χ2v) is 8.74. The van der Waals surface area contributed by atoms with Crippen molar-refractivity contribution in [3.8, 4) is 11.5 Å². The maximum Gasteiger partial charge on any atom is 0.325 e. The van der Waals surface area contributed by atoms with Crippen LogP contribution in [0.15, 0.2) is 53.1 Å². The molecule has 0 spiro atoms. The number of nitrogens with zero attached hydrogens (tertiary/aromatic N) is 2. The number of nitrogens with one attached hydrogen (secondary N) is 1. The number of Topliss-reactive ketones (excluding diaryl/α,β-unsaturated/α-hetero) is 1. The van der Waals surface area contributed by atoms with E-state index >= 15 is 0 Å². The molecule has 2 aliphatic rings. The van der Waals surface area contributed by atoms with Crippen molar-refractivity contribution >= 4 is 17.7 Å². The first-order chi connectivity index (χ1) is 16.3. The minimum absolute atomic E-state index is 0.220. The number of para-hydroxylation sites is 2. The van der Waals surface area contributed by atoms with Gasteiger partial charge in [-0.2, -0.15) is 0 Å².